The normalized spacial score (nSPS) is 15.9. The van der Waals surface area contributed by atoms with Crippen LogP contribution in [0.1, 0.15) is 51.2 Å². The molecule has 2 aliphatic heterocycles. The molecule has 0 aliphatic carbocycles. The molecule has 252 valence electrons. The average Bonchev–Trinajstić information content (AvgIpc) is 3.57. The van der Waals surface area contributed by atoms with Crippen molar-refractivity contribution in [1.82, 2.24) is 15.3 Å². The third kappa shape index (κ3) is 7.56. The number of rotatable bonds is 7. The number of nitrogens with one attached hydrogen (secondary N) is 2. The molecule has 3 amide bonds. The number of alkyl halides is 3. The molecule has 4 heterocycles. The average molecular weight is 663 g/mol. The van der Waals surface area contributed by atoms with Crippen LogP contribution >= 0.6 is 0 Å². The van der Waals surface area contributed by atoms with E-state index in [2.05, 4.69) is 20.5 Å². The zero-order valence-electron chi connectivity index (χ0n) is 26.9. The van der Waals surface area contributed by atoms with Gasteiger partial charge in [-0.15, -0.1) is 0 Å². The van der Waals surface area contributed by atoms with E-state index < -0.39 is 29.5 Å². The van der Waals surface area contributed by atoms with Crippen molar-refractivity contribution in [2.24, 2.45) is 0 Å². The Balaban J connectivity index is 1.26. The molecule has 0 saturated carbocycles. The van der Waals surface area contributed by atoms with Crippen molar-refractivity contribution in [1.29, 1.82) is 0 Å². The fourth-order valence-corrected chi connectivity index (χ4v) is 6.09. The van der Waals surface area contributed by atoms with Gasteiger partial charge in [0.1, 0.15) is 5.60 Å². The van der Waals surface area contributed by atoms with Crippen LogP contribution in [0.15, 0.2) is 71.6 Å². The van der Waals surface area contributed by atoms with Crippen LogP contribution < -0.4 is 20.4 Å². The van der Waals surface area contributed by atoms with Crippen molar-refractivity contribution in [2.75, 3.05) is 34.8 Å². The first kappa shape index (κ1) is 32.9. The number of benzene rings is 2. The Morgan fingerprint density at radius 3 is 2.65 bits per heavy atom. The highest BCUT2D eigenvalue weighted by Crippen LogP contribution is 2.40. The summed E-state index contributed by atoms with van der Waals surface area (Å²) in [7, 11) is 0. The third-order valence-electron chi connectivity index (χ3n) is 8.16. The molecule has 13 heteroatoms. The van der Waals surface area contributed by atoms with Crippen LogP contribution in [0.3, 0.4) is 0 Å². The largest absolute Gasteiger partial charge is 0.444 e. The molecule has 2 aliphatic rings. The Bertz CT molecular complexity index is 1790. The maximum atomic E-state index is 14.1. The Hall–Kier alpha value is -5.07. The molecule has 1 saturated heterocycles. The lowest BCUT2D eigenvalue weighted by Gasteiger charge is -2.46. The highest BCUT2D eigenvalue weighted by molar-refractivity contribution is 6.05. The van der Waals surface area contributed by atoms with Gasteiger partial charge in [0.15, 0.2) is 18.0 Å². The van der Waals surface area contributed by atoms with Gasteiger partial charge in [-0.1, -0.05) is 12.1 Å². The molecule has 48 heavy (non-hydrogen) atoms. The van der Waals surface area contributed by atoms with Crippen molar-refractivity contribution >= 4 is 29.3 Å². The molecule has 2 bridgehead atoms. The van der Waals surface area contributed by atoms with E-state index in [4.69, 9.17) is 14.1 Å². The van der Waals surface area contributed by atoms with Crippen molar-refractivity contribution in [3.8, 4) is 22.6 Å². The van der Waals surface area contributed by atoms with Crippen molar-refractivity contribution in [2.45, 2.75) is 64.3 Å². The molecule has 0 unspecified atom stereocenters. The van der Waals surface area contributed by atoms with Crippen molar-refractivity contribution in [3.05, 3.63) is 78.3 Å². The van der Waals surface area contributed by atoms with Crippen LogP contribution in [0.4, 0.5) is 40.0 Å². The lowest BCUT2D eigenvalue weighted by Crippen LogP contribution is -2.56. The standard InChI is InChI=1S/C35H37F3N6O4/c1-34(2,3)48-33(46)40-13-5-7-22-15-24(30-19-39-21-47-30)18-26(16-22)41-32(45)44-27-10-6-14-43(20-27)29-12-11-28(42-31(29)44)23-8-4-9-25(17-23)35(36,37)38/h4,8-9,11-12,15-19,21,27H,5-7,10,13-14,20H2,1-3H3,(H,40,46)(H,41,45)/t27-/m0/s1. The number of oxazole rings is 1. The first-order valence-electron chi connectivity index (χ1n) is 15.9. The van der Waals surface area contributed by atoms with Crippen LogP contribution in [0.5, 0.6) is 0 Å². The minimum atomic E-state index is -4.49. The predicted molar refractivity (Wildman–Crippen MR) is 176 cm³/mol. The number of carbonyl (C=O) groups is 2. The predicted octanol–water partition coefficient (Wildman–Crippen LogP) is 7.90. The number of aryl methyl sites for hydroxylation is 1. The van der Waals surface area contributed by atoms with Gasteiger partial charge in [0.05, 0.1) is 29.2 Å². The summed E-state index contributed by atoms with van der Waals surface area (Å²) >= 11 is 0. The van der Waals surface area contributed by atoms with Crippen LogP contribution in [-0.4, -0.2) is 53.4 Å². The van der Waals surface area contributed by atoms with E-state index in [0.717, 1.165) is 42.8 Å². The lowest BCUT2D eigenvalue weighted by molar-refractivity contribution is -0.137. The molecule has 1 fully saturated rings. The minimum Gasteiger partial charge on any atom is -0.444 e. The van der Waals surface area contributed by atoms with Gasteiger partial charge in [0.25, 0.3) is 0 Å². The molecule has 2 aromatic carbocycles. The number of nitrogens with zero attached hydrogens (tertiary/aromatic N) is 4. The minimum absolute atomic E-state index is 0.175. The Morgan fingerprint density at radius 1 is 1.06 bits per heavy atom. The van der Waals surface area contributed by atoms with E-state index in [9.17, 15) is 22.8 Å². The summed E-state index contributed by atoms with van der Waals surface area (Å²) in [5.74, 6) is 0.927. The maximum Gasteiger partial charge on any atom is 0.416 e. The number of piperidine rings is 1. The topological polar surface area (TPSA) is 113 Å². The summed E-state index contributed by atoms with van der Waals surface area (Å²) < 4.78 is 51.3. The summed E-state index contributed by atoms with van der Waals surface area (Å²) in [4.78, 5) is 38.8. The third-order valence-corrected chi connectivity index (χ3v) is 8.16. The Morgan fingerprint density at radius 2 is 1.90 bits per heavy atom. The molecule has 10 nitrogen and oxygen atoms in total. The summed E-state index contributed by atoms with van der Waals surface area (Å²) in [5, 5.41) is 5.81. The lowest BCUT2D eigenvalue weighted by atomic mass is 9.99. The Kier molecular flexibility index (Phi) is 9.04. The zero-order chi connectivity index (χ0) is 34.1. The molecule has 0 radical (unpaired) electrons. The second kappa shape index (κ2) is 13.2. The van der Waals surface area contributed by atoms with Gasteiger partial charge in [-0.3, -0.25) is 4.90 Å². The summed E-state index contributed by atoms with van der Waals surface area (Å²) in [6.45, 7) is 7.22. The van der Waals surface area contributed by atoms with Gasteiger partial charge in [-0.2, -0.15) is 13.2 Å². The van der Waals surface area contributed by atoms with E-state index in [1.807, 2.05) is 18.2 Å². The van der Waals surface area contributed by atoms with Crippen molar-refractivity contribution < 1.29 is 31.9 Å². The van der Waals surface area contributed by atoms with E-state index in [-0.39, 0.29) is 6.04 Å². The van der Waals surface area contributed by atoms with Gasteiger partial charge in [0, 0.05) is 36.4 Å². The highest BCUT2D eigenvalue weighted by atomic mass is 19.4. The smallest absolute Gasteiger partial charge is 0.416 e. The number of anilines is 3. The summed E-state index contributed by atoms with van der Waals surface area (Å²) in [6, 6.07) is 13.6. The second-order valence-electron chi connectivity index (χ2n) is 13.0. The van der Waals surface area contributed by atoms with Crippen LogP contribution in [-0.2, 0) is 17.3 Å². The van der Waals surface area contributed by atoms with Crippen molar-refractivity contribution in [3.63, 3.8) is 0 Å². The van der Waals surface area contributed by atoms with E-state index in [1.165, 1.54) is 12.5 Å². The number of amides is 3. The first-order valence-corrected chi connectivity index (χ1v) is 15.9. The number of hydrogen-bond donors (Lipinski definition) is 2. The van der Waals surface area contributed by atoms with Gasteiger partial charge in [-0.05, 0) is 94.5 Å². The molecule has 1 atom stereocenters. The molecular weight excluding hydrogens is 625 g/mol. The SMILES string of the molecule is CC(C)(C)OC(=O)NCCCc1cc(NC(=O)N2c3nc(-c4cccc(C(F)(F)F)c4)ccc3N3CCC[C@H]2C3)cc(-c2cnco2)c1. The van der Waals surface area contributed by atoms with Crippen LogP contribution in [0.2, 0.25) is 0 Å². The number of carbonyl (C=O) groups excluding carboxylic acids is 2. The van der Waals surface area contributed by atoms with Gasteiger partial charge < -0.3 is 24.7 Å². The maximum absolute atomic E-state index is 14.1. The number of hydrogen-bond acceptors (Lipinski definition) is 7. The monoisotopic (exact) mass is 662 g/mol. The molecule has 2 N–H and O–H groups in total. The fraction of sp³-hybridized carbons (Fsp3) is 0.371. The van der Waals surface area contributed by atoms with Crippen LogP contribution in [0.25, 0.3) is 22.6 Å². The van der Waals surface area contributed by atoms with Gasteiger partial charge >= 0.3 is 18.3 Å². The number of alkyl carbamates (subject to hydrolysis) is 1. The summed E-state index contributed by atoms with van der Waals surface area (Å²) in [6.07, 6.45) is 0.784. The first-order chi connectivity index (χ1) is 22.8. The quantitative estimate of drug-likeness (QED) is 0.194. The van der Waals surface area contributed by atoms with Gasteiger partial charge in [0.2, 0.25) is 0 Å². The molecule has 0 spiro atoms. The molecule has 4 aromatic rings. The Labute approximate surface area is 276 Å². The fourth-order valence-electron chi connectivity index (χ4n) is 6.09. The second-order valence-corrected chi connectivity index (χ2v) is 13.0. The van der Waals surface area contributed by atoms with E-state index in [1.54, 1.807) is 50.1 Å². The highest BCUT2D eigenvalue weighted by Gasteiger charge is 2.38. The van der Waals surface area contributed by atoms with E-state index >= 15 is 0 Å². The molecule has 6 rings (SSSR count). The number of aromatic nitrogens is 2. The number of urea groups is 1. The number of pyridine rings is 1. The number of halogens is 3. The molecule has 2 aromatic heterocycles. The zero-order valence-corrected chi connectivity index (χ0v) is 26.9. The van der Waals surface area contributed by atoms with Crippen LogP contribution in [0, 0.1) is 0 Å². The molecular formula is C35H37F3N6O4. The van der Waals surface area contributed by atoms with E-state index in [0.29, 0.717) is 60.0 Å². The number of fused-ring (bicyclic) bond motifs is 4. The number of ether oxygens (including phenoxy) is 1. The summed E-state index contributed by atoms with van der Waals surface area (Å²) in [5.41, 5.74) is 2.19. The van der Waals surface area contributed by atoms with Gasteiger partial charge in [-0.25, -0.2) is 19.6 Å².